The van der Waals surface area contributed by atoms with Crippen molar-refractivity contribution in [3.63, 3.8) is 0 Å². The molecule has 1 aromatic heterocycles. The van der Waals surface area contributed by atoms with E-state index in [9.17, 15) is 4.79 Å². The van der Waals surface area contributed by atoms with Crippen LogP contribution in [0.2, 0.25) is 0 Å². The molecule has 1 atom stereocenters. The van der Waals surface area contributed by atoms with E-state index in [1.807, 2.05) is 20.8 Å². The number of rotatable bonds is 5. The van der Waals surface area contributed by atoms with Crippen molar-refractivity contribution in [3.8, 4) is 0 Å². The zero-order valence-electron chi connectivity index (χ0n) is 12.5. The molecule has 6 nitrogen and oxygen atoms in total. The smallest absolute Gasteiger partial charge is 0.229 e. The molecule has 1 saturated carbocycles. The van der Waals surface area contributed by atoms with Crippen LogP contribution in [0.15, 0.2) is 4.52 Å². The van der Waals surface area contributed by atoms with Gasteiger partial charge in [0, 0.05) is 18.4 Å². The van der Waals surface area contributed by atoms with Crippen molar-refractivity contribution in [2.45, 2.75) is 57.9 Å². The van der Waals surface area contributed by atoms with Crippen molar-refractivity contribution >= 4 is 5.91 Å². The van der Waals surface area contributed by atoms with E-state index >= 15 is 0 Å². The molecule has 0 aliphatic heterocycles. The fourth-order valence-electron chi connectivity index (χ4n) is 2.51. The monoisotopic (exact) mass is 280 g/mol. The maximum absolute atomic E-state index is 12.2. The predicted molar refractivity (Wildman–Crippen MR) is 74.9 cm³/mol. The normalized spacial score (nSPS) is 19.2. The molecule has 112 valence electrons. The lowest BCUT2D eigenvalue weighted by molar-refractivity contribution is -0.126. The number of hydrogen-bond donors (Lipinski definition) is 2. The minimum atomic E-state index is -0.475. The van der Waals surface area contributed by atoms with Crippen molar-refractivity contribution in [2.24, 2.45) is 11.7 Å². The second-order valence-electron chi connectivity index (χ2n) is 6.03. The lowest BCUT2D eigenvalue weighted by Crippen LogP contribution is -2.47. The van der Waals surface area contributed by atoms with Gasteiger partial charge in [-0.05, 0) is 12.8 Å². The van der Waals surface area contributed by atoms with Crippen LogP contribution in [0.4, 0.5) is 0 Å². The van der Waals surface area contributed by atoms with E-state index in [1.165, 1.54) is 0 Å². The molecule has 1 aliphatic carbocycles. The summed E-state index contributed by atoms with van der Waals surface area (Å²) in [5.41, 5.74) is 5.09. The topological polar surface area (TPSA) is 94.0 Å². The van der Waals surface area contributed by atoms with E-state index in [2.05, 4.69) is 15.5 Å². The molecule has 1 aliphatic rings. The fourth-order valence-corrected chi connectivity index (χ4v) is 2.51. The lowest BCUT2D eigenvalue weighted by Gasteiger charge is -2.28. The minimum absolute atomic E-state index is 0.0368. The Morgan fingerprint density at radius 1 is 1.40 bits per heavy atom. The van der Waals surface area contributed by atoms with Gasteiger partial charge in [-0.2, -0.15) is 4.98 Å². The van der Waals surface area contributed by atoms with Gasteiger partial charge in [-0.15, -0.1) is 0 Å². The first kappa shape index (κ1) is 15.0. The van der Waals surface area contributed by atoms with Gasteiger partial charge in [-0.25, -0.2) is 0 Å². The van der Waals surface area contributed by atoms with Crippen LogP contribution >= 0.6 is 0 Å². The predicted octanol–water partition coefficient (Wildman–Crippen LogP) is 1.67. The molecule has 0 bridgehead atoms. The molecule has 6 heteroatoms. The molecular weight excluding hydrogens is 256 g/mol. The number of nitrogens with two attached hydrogens (primary N) is 1. The highest BCUT2D eigenvalue weighted by Gasteiger charge is 2.42. The summed E-state index contributed by atoms with van der Waals surface area (Å²) in [4.78, 5) is 16.7. The number of carbonyl (C=O) groups excluding carboxylic acids is 1. The average Bonchev–Trinajstić information content (AvgIpc) is 3.06. The number of nitrogens with zero attached hydrogens (tertiary/aromatic N) is 2. The van der Waals surface area contributed by atoms with Crippen molar-refractivity contribution < 1.29 is 9.32 Å². The molecule has 1 heterocycles. The Morgan fingerprint density at radius 2 is 2.05 bits per heavy atom. The molecule has 0 aromatic carbocycles. The first-order valence-electron chi connectivity index (χ1n) is 7.34. The summed E-state index contributed by atoms with van der Waals surface area (Å²) in [6.45, 7) is 6.18. The summed E-state index contributed by atoms with van der Waals surface area (Å²) in [6, 6.07) is 0. The summed E-state index contributed by atoms with van der Waals surface area (Å²) in [5.74, 6) is 1.17. The van der Waals surface area contributed by atoms with Gasteiger partial charge in [0.25, 0.3) is 0 Å². The van der Waals surface area contributed by atoms with Gasteiger partial charge < -0.3 is 15.6 Å². The van der Waals surface area contributed by atoms with Crippen molar-refractivity contribution in [3.05, 3.63) is 11.7 Å². The molecule has 0 saturated heterocycles. The Balaban J connectivity index is 2.22. The van der Waals surface area contributed by atoms with Gasteiger partial charge in [0.05, 0.1) is 0 Å². The number of carbonyl (C=O) groups is 1. The largest absolute Gasteiger partial charge is 0.343 e. The SMILES string of the molecule is CC(C)c1nc(C2(NC(=O)[C@H](C)CN)CCCC2)no1. The Kier molecular flexibility index (Phi) is 4.42. The third-order valence-electron chi connectivity index (χ3n) is 3.98. The van der Waals surface area contributed by atoms with Crippen molar-refractivity contribution in [1.82, 2.24) is 15.5 Å². The maximum atomic E-state index is 12.2. The third kappa shape index (κ3) is 2.85. The Hall–Kier alpha value is -1.43. The van der Waals surface area contributed by atoms with E-state index in [0.29, 0.717) is 18.3 Å². The molecule has 2 rings (SSSR count). The Labute approximate surface area is 119 Å². The van der Waals surface area contributed by atoms with Crippen LogP contribution in [-0.4, -0.2) is 22.6 Å². The van der Waals surface area contributed by atoms with Gasteiger partial charge in [0.15, 0.2) is 5.82 Å². The first-order valence-corrected chi connectivity index (χ1v) is 7.34. The summed E-state index contributed by atoms with van der Waals surface area (Å²) in [7, 11) is 0. The zero-order valence-corrected chi connectivity index (χ0v) is 12.5. The number of aromatic nitrogens is 2. The van der Waals surface area contributed by atoms with E-state index in [4.69, 9.17) is 10.3 Å². The van der Waals surface area contributed by atoms with E-state index < -0.39 is 5.54 Å². The van der Waals surface area contributed by atoms with E-state index in [-0.39, 0.29) is 17.7 Å². The van der Waals surface area contributed by atoms with Crippen molar-refractivity contribution in [1.29, 1.82) is 0 Å². The summed E-state index contributed by atoms with van der Waals surface area (Å²) >= 11 is 0. The molecule has 0 unspecified atom stereocenters. The van der Waals surface area contributed by atoms with Crippen molar-refractivity contribution in [2.75, 3.05) is 6.54 Å². The Morgan fingerprint density at radius 3 is 2.55 bits per heavy atom. The van der Waals surface area contributed by atoms with Gasteiger partial charge in [-0.3, -0.25) is 4.79 Å². The molecular formula is C14H24N4O2. The molecule has 20 heavy (non-hydrogen) atoms. The van der Waals surface area contributed by atoms with Crippen LogP contribution in [0, 0.1) is 5.92 Å². The van der Waals surface area contributed by atoms with Crippen LogP contribution in [0.25, 0.3) is 0 Å². The highest BCUT2D eigenvalue weighted by atomic mass is 16.5. The minimum Gasteiger partial charge on any atom is -0.343 e. The fraction of sp³-hybridized carbons (Fsp3) is 0.786. The number of hydrogen-bond acceptors (Lipinski definition) is 5. The Bertz CT molecular complexity index is 463. The molecule has 0 radical (unpaired) electrons. The lowest BCUT2D eigenvalue weighted by atomic mass is 9.95. The average molecular weight is 280 g/mol. The maximum Gasteiger partial charge on any atom is 0.229 e. The summed E-state index contributed by atoms with van der Waals surface area (Å²) in [6.07, 6.45) is 3.83. The highest BCUT2D eigenvalue weighted by molar-refractivity contribution is 5.79. The van der Waals surface area contributed by atoms with Gasteiger partial charge in [0.1, 0.15) is 5.54 Å². The second-order valence-corrected chi connectivity index (χ2v) is 6.03. The van der Waals surface area contributed by atoms with E-state index in [0.717, 1.165) is 25.7 Å². The van der Waals surface area contributed by atoms with Crippen LogP contribution in [-0.2, 0) is 10.3 Å². The summed E-state index contributed by atoms with van der Waals surface area (Å²) in [5, 5.41) is 7.21. The third-order valence-corrected chi connectivity index (χ3v) is 3.98. The molecule has 1 amide bonds. The number of nitrogens with one attached hydrogen (secondary N) is 1. The standard InChI is InChI=1S/C14H24N4O2/c1-9(2)12-16-13(18-20-12)14(6-4-5-7-14)17-11(19)10(3)8-15/h9-10H,4-8,15H2,1-3H3,(H,17,19)/t10-/m1/s1. The van der Waals surface area contributed by atoms with Gasteiger partial charge in [0.2, 0.25) is 11.8 Å². The first-order chi connectivity index (χ1) is 9.48. The summed E-state index contributed by atoms with van der Waals surface area (Å²) < 4.78 is 5.29. The molecule has 1 fully saturated rings. The zero-order chi connectivity index (χ0) is 14.8. The highest BCUT2D eigenvalue weighted by Crippen LogP contribution is 2.37. The van der Waals surface area contributed by atoms with Crippen LogP contribution < -0.4 is 11.1 Å². The van der Waals surface area contributed by atoms with Gasteiger partial charge in [-0.1, -0.05) is 38.8 Å². The van der Waals surface area contributed by atoms with Crippen LogP contribution in [0.3, 0.4) is 0 Å². The van der Waals surface area contributed by atoms with E-state index in [1.54, 1.807) is 0 Å². The van der Waals surface area contributed by atoms with Crippen LogP contribution in [0.5, 0.6) is 0 Å². The van der Waals surface area contributed by atoms with Gasteiger partial charge >= 0.3 is 0 Å². The molecule has 1 aromatic rings. The van der Waals surface area contributed by atoms with Crippen LogP contribution in [0.1, 0.15) is 64.1 Å². The quantitative estimate of drug-likeness (QED) is 0.855. The molecule has 0 spiro atoms. The second kappa shape index (κ2) is 5.91. The number of amides is 1. The molecule has 3 N–H and O–H groups in total.